The highest BCUT2D eigenvalue weighted by atomic mass is 79.9. The zero-order chi connectivity index (χ0) is 13.8. The highest BCUT2D eigenvalue weighted by Gasteiger charge is 2.28. The summed E-state index contributed by atoms with van der Waals surface area (Å²) in [4.78, 5) is 12.1. The minimum Gasteiger partial charge on any atom is -0.345 e. The maximum Gasteiger partial charge on any atom is 0.254 e. The smallest absolute Gasteiger partial charge is 0.254 e. The Labute approximate surface area is 124 Å². The van der Waals surface area contributed by atoms with Gasteiger partial charge in [0.25, 0.3) is 5.91 Å². The predicted octanol–water partition coefficient (Wildman–Crippen LogP) is 3.80. The SMILES string of the molecule is CCC(CBr)(CBr)NC(=O)c1ccc(C)cc1F. The van der Waals surface area contributed by atoms with E-state index in [1.165, 1.54) is 12.1 Å². The number of halogens is 3. The average molecular weight is 381 g/mol. The molecule has 1 aromatic carbocycles. The van der Waals surface area contributed by atoms with Crippen molar-refractivity contribution in [1.82, 2.24) is 5.32 Å². The van der Waals surface area contributed by atoms with E-state index < -0.39 is 11.4 Å². The summed E-state index contributed by atoms with van der Waals surface area (Å²) in [6.45, 7) is 3.77. The van der Waals surface area contributed by atoms with Gasteiger partial charge < -0.3 is 5.32 Å². The van der Waals surface area contributed by atoms with Crippen LogP contribution >= 0.6 is 31.9 Å². The molecule has 0 aromatic heterocycles. The molecule has 0 spiro atoms. The summed E-state index contributed by atoms with van der Waals surface area (Å²) in [5.41, 5.74) is 0.487. The molecule has 18 heavy (non-hydrogen) atoms. The predicted molar refractivity (Wildman–Crippen MR) is 79.2 cm³/mol. The molecule has 1 N–H and O–H groups in total. The molecule has 0 fully saturated rings. The minimum atomic E-state index is -0.485. The van der Waals surface area contributed by atoms with Crippen LogP contribution in [0.1, 0.15) is 29.3 Å². The molecule has 0 saturated carbocycles. The number of carbonyl (C=O) groups excluding carboxylic acids is 1. The molecule has 0 radical (unpaired) electrons. The maximum absolute atomic E-state index is 13.7. The largest absolute Gasteiger partial charge is 0.345 e. The number of alkyl halides is 2. The van der Waals surface area contributed by atoms with Crippen LogP contribution in [0.5, 0.6) is 0 Å². The third-order valence-corrected chi connectivity index (χ3v) is 5.08. The molecular formula is C13H16Br2FNO. The number of nitrogens with one attached hydrogen (secondary N) is 1. The molecule has 0 aliphatic carbocycles. The fourth-order valence-electron chi connectivity index (χ4n) is 1.49. The summed E-state index contributed by atoms with van der Waals surface area (Å²) < 4.78 is 13.7. The van der Waals surface area contributed by atoms with Gasteiger partial charge >= 0.3 is 0 Å². The van der Waals surface area contributed by atoms with Gasteiger partial charge in [0.2, 0.25) is 0 Å². The normalized spacial score (nSPS) is 11.4. The molecule has 0 unspecified atom stereocenters. The Kier molecular flexibility index (Phi) is 5.79. The monoisotopic (exact) mass is 379 g/mol. The van der Waals surface area contributed by atoms with Crippen molar-refractivity contribution in [3.05, 3.63) is 35.1 Å². The first-order valence-electron chi connectivity index (χ1n) is 5.68. The van der Waals surface area contributed by atoms with Crippen molar-refractivity contribution in [3.8, 4) is 0 Å². The molecule has 1 aromatic rings. The zero-order valence-corrected chi connectivity index (χ0v) is 13.6. The van der Waals surface area contributed by atoms with Crippen LogP contribution in [-0.2, 0) is 0 Å². The van der Waals surface area contributed by atoms with E-state index in [0.717, 1.165) is 12.0 Å². The topological polar surface area (TPSA) is 29.1 Å². The fraction of sp³-hybridized carbons (Fsp3) is 0.462. The quantitative estimate of drug-likeness (QED) is 0.773. The molecule has 0 saturated heterocycles. The van der Waals surface area contributed by atoms with Crippen LogP contribution < -0.4 is 5.32 Å². The van der Waals surface area contributed by atoms with Crippen LogP contribution in [-0.4, -0.2) is 22.1 Å². The molecular weight excluding hydrogens is 365 g/mol. The van der Waals surface area contributed by atoms with E-state index in [9.17, 15) is 9.18 Å². The Balaban J connectivity index is 2.94. The first-order valence-corrected chi connectivity index (χ1v) is 7.93. The summed E-state index contributed by atoms with van der Waals surface area (Å²) in [7, 11) is 0. The molecule has 0 aliphatic rings. The van der Waals surface area contributed by atoms with Gasteiger partial charge in [-0.05, 0) is 31.0 Å². The molecule has 100 valence electrons. The van der Waals surface area contributed by atoms with E-state index in [0.29, 0.717) is 10.7 Å². The molecule has 0 bridgehead atoms. The van der Waals surface area contributed by atoms with Crippen molar-refractivity contribution >= 4 is 37.8 Å². The highest BCUT2D eigenvalue weighted by Crippen LogP contribution is 2.19. The van der Waals surface area contributed by atoms with Crippen LogP contribution in [0.2, 0.25) is 0 Å². The number of hydrogen-bond acceptors (Lipinski definition) is 1. The number of rotatable bonds is 5. The van der Waals surface area contributed by atoms with Crippen molar-refractivity contribution < 1.29 is 9.18 Å². The average Bonchev–Trinajstić information content (AvgIpc) is 2.36. The Morgan fingerprint density at radius 2 is 2.00 bits per heavy atom. The van der Waals surface area contributed by atoms with Crippen LogP contribution in [0.4, 0.5) is 4.39 Å². The second-order valence-corrected chi connectivity index (χ2v) is 5.46. The summed E-state index contributed by atoms with van der Waals surface area (Å²) in [5, 5.41) is 4.11. The summed E-state index contributed by atoms with van der Waals surface area (Å²) in [6, 6.07) is 4.61. The van der Waals surface area contributed by atoms with E-state index in [-0.39, 0.29) is 11.5 Å². The summed E-state index contributed by atoms with van der Waals surface area (Å²) in [6.07, 6.45) is 0.753. The number of aryl methyl sites for hydroxylation is 1. The first kappa shape index (κ1) is 15.6. The number of amides is 1. The van der Waals surface area contributed by atoms with Crippen molar-refractivity contribution in [2.75, 3.05) is 10.7 Å². The van der Waals surface area contributed by atoms with E-state index in [4.69, 9.17) is 0 Å². The van der Waals surface area contributed by atoms with Gasteiger partial charge in [-0.3, -0.25) is 4.79 Å². The Bertz CT molecular complexity index is 425. The summed E-state index contributed by atoms with van der Waals surface area (Å²) in [5.74, 6) is -0.866. The van der Waals surface area contributed by atoms with Crippen molar-refractivity contribution in [2.24, 2.45) is 0 Å². The van der Waals surface area contributed by atoms with E-state index in [1.807, 2.05) is 6.92 Å². The van der Waals surface area contributed by atoms with Crippen LogP contribution in [0.25, 0.3) is 0 Å². The fourth-order valence-corrected chi connectivity index (χ4v) is 3.49. The van der Waals surface area contributed by atoms with Crippen molar-refractivity contribution in [2.45, 2.75) is 25.8 Å². The zero-order valence-electron chi connectivity index (χ0n) is 10.4. The standard InChI is InChI=1S/C13H16Br2FNO/c1-3-13(7-14,8-15)17-12(18)10-5-4-9(2)6-11(10)16/h4-6H,3,7-8H2,1-2H3,(H,17,18). The number of carbonyl (C=O) groups is 1. The number of benzene rings is 1. The van der Waals surface area contributed by atoms with Crippen LogP contribution in [0.15, 0.2) is 18.2 Å². The van der Waals surface area contributed by atoms with Gasteiger partial charge in [0, 0.05) is 10.7 Å². The van der Waals surface area contributed by atoms with Gasteiger partial charge in [-0.1, -0.05) is 44.8 Å². The van der Waals surface area contributed by atoms with Crippen molar-refractivity contribution in [1.29, 1.82) is 0 Å². The lowest BCUT2D eigenvalue weighted by molar-refractivity contribution is 0.0911. The third-order valence-electron chi connectivity index (χ3n) is 2.94. The molecule has 0 atom stereocenters. The van der Waals surface area contributed by atoms with Gasteiger partial charge in [0.1, 0.15) is 5.82 Å². The lowest BCUT2D eigenvalue weighted by Crippen LogP contribution is -2.51. The van der Waals surface area contributed by atoms with Gasteiger partial charge in [-0.15, -0.1) is 0 Å². The second-order valence-electron chi connectivity index (χ2n) is 4.34. The lowest BCUT2D eigenvalue weighted by atomic mass is 10.0. The van der Waals surface area contributed by atoms with Gasteiger partial charge in [-0.25, -0.2) is 4.39 Å². The maximum atomic E-state index is 13.7. The first-order chi connectivity index (χ1) is 8.48. The molecule has 0 aliphatic heterocycles. The third kappa shape index (κ3) is 3.54. The van der Waals surface area contributed by atoms with Gasteiger partial charge in [-0.2, -0.15) is 0 Å². The van der Waals surface area contributed by atoms with Crippen molar-refractivity contribution in [3.63, 3.8) is 0 Å². The van der Waals surface area contributed by atoms with Crippen LogP contribution in [0.3, 0.4) is 0 Å². The molecule has 0 heterocycles. The minimum absolute atomic E-state index is 0.0836. The highest BCUT2D eigenvalue weighted by molar-refractivity contribution is 9.09. The second kappa shape index (κ2) is 6.66. The Hall–Kier alpha value is -0.420. The molecule has 1 amide bonds. The molecule has 2 nitrogen and oxygen atoms in total. The van der Waals surface area contributed by atoms with E-state index >= 15 is 0 Å². The van der Waals surface area contributed by atoms with Gasteiger partial charge in [0.15, 0.2) is 0 Å². The van der Waals surface area contributed by atoms with Gasteiger partial charge in [0.05, 0.1) is 11.1 Å². The van der Waals surface area contributed by atoms with E-state index in [1.54, 1.807) is 13.0 Å². The number of hydrogen-bond donors (Lipinski definition) is 1. The molecule has 5 heteroatoms. The lowest BCUT2D eigenvalue weighted by Gasteiger charge is -2.30. The van der Waals surface area contributed by atoms with Crippen LogP contribution in [0, 0.1) is 12.7 Å². The van der Waals surface area contributed by atoms with E-state index in [2.05, 4.69) is 37.2 Å². The molecule has 1 rings (SSSR count). The Morgan fingerprint density at radius 1 is 1.39 bits per heavy atom. The summed E-state index contributed by atoms with van der Waals surface area (Å²) >= 11 is 6.77. The Morgan fingerprint density at radius 3 is 2.44 bits per heavy atom.